The average molecular weight is 273 g/mol. The van der Waals surface area contributed by atoms with E-state index >= 15 is 0 Å². The van der Waals surface area contributed by atoms with Crippen molar-refractivity contribution in [3.05, 3.63) is 35.4 Å². The molecule has 0 aromatic heterocycles. The van der Waals surface area contributed by atoms with Crippen molar-refractivity contribution in [2.24, 2.45) is 5.92 Å². The topological polar surface area (TPSA) is 29.1 Å². The molecule has 0 fully saturated rings. The minimum atomic E-state index is -4.38. The standard InChI is InChI=1S/C14H18F3NO/c1-9(2)8-10(3)18-13(19)11-4-6-12(7-5-11)14(15,16)17/h4-7,9-10H,8H2,1-3H3,(H,18,19)/t10-/m1/s1. The summed E-state index contributed by atoms with van der Waals surface area (Å²) in [4.78, 5) is 11.8. The van der Waals surface area contributed by atoms with E-state index in [9.17, 15) is 18.0 Å². The van der Waals surface area contributed by atoms with Crippen molar-refractivity contribution in [3.63, 3.8) is 0 Å². The van der Waals surface area contributed by atoms with Crippen LogP contribution >= 0.6 is 0 Å². The molecular weight excluding hydrogens is 255 g/mol. The summed E-state index contributed by atoms with van der Waals surface area (Å²) < 4.78 is 37.1. The number of alkyl halides is 3. The van der Waals surface area contributed by atoms with E-state index < -0.39 is 11.7 Å². The number of hydrogen-bond donors (Lipinski definition) is 1. The normalized spacial score (nSPS) is 13.4. The Bertz CT molecular complexity index is 423. The summed E-state index contributed by atoms with van der Waals surface area (Å²) >= 11 is 0. The Kier molecular flexibility index (Phi) is 4.97. The molecule has 106 valence electrons. The second-order valence-electron chi connectivity index (χ2n) is 5.08. The van der Waals surface area contributed by atoms with Crippen molar-refractivity contribution in [1.29, 1.82) is 0 Å². The zero-order valence-corrected chi connectivity index (χ0v) is 11.2. The van der Waals surface area contributed by atoms with Crippen LogP contribution in [-0.4, -0.2) is 11.9 Å². The molecule has 0 saturated carbocycles. The first-order valence-electron chi connectivity index (χ1n) is 6.18. The molecule has 0 spiro atoms. The molecule has 2 nitrogen and oxygen atoms in total. The highest BCUT2D eigenvalue weighted by Crippen LogP contribution is 2.29. The molecule has 1 aromatic carbocycles. The summed E-state index contributed by atoms with van der Waals surface area (Å²) in [5.41, 5.74) is -0.511. The maximum atomic E-state index is 12.4. The smallest absolute Gasteiger partial charge is 0.350 e. The molecule has 1 aromatic rings. The van der Waals surface area contributed by atoms with Gasteiger partial charge in [-0.05, 0) is 43.5 Å². The average Bonchev–Trinajstić information content (AvgIpc) is 2.26. The van der Waals surface area contributed by atoms with Gasteiger partial charge in [0.15, 0.2) is 0 Å². The third kappa shape index (κ3) is 4.93. The van der Waals surface area contributed by atoms with Crippen LogP contribution in [0.15, 0.2) is 24.3 Å². The van der Waals surface area contributed by atoms with Gasteiger partial charge in [-0.2, -0.15) is 13.2 Å². The molecule has 0 aliphatic carbocycles. The summed E-state index contributed by atoms with van der Waals surface area (Å²) in [5, 5.41) is 2.77. The molecule has 0 unspecified atom stereocenters. The first-order valence-corrected chi connectivity index (χ1v) is 6.18. The lowest BCUT2D eigenvalue weighted by atomic mass is 10.0. The molecule has 0 radical (unpaired) electrons. The van der Waals surface area contributed by atoms with Crippen LogP contribution in [0.5, 0.6) is 0 Å². The highest BCUT2D eigenvalue weighted by Gasteiger charge is 2.30. The minimum Gasteiger partial charge on any atom is -0.350 e. The van der Waals surface area contributed by atoms with Crippen molar-refractivity contribution in [2.75, 3.05) is 0 Å². The zero-order valence-electron chi connectivity index (χ0n) is 11.2. The fraction of sp³-hybridized carbons (Fsp3) is 0.500. The van der Waals surface area contributed by atoms with Gasteiger partial charge in [0.2, 0.25) is 0 Å². The van der Waals surface area contributed by atoms with E-state index in [1.807, 2.05) is 20.8 Å². The summed E-state index contributed by atoms with van der Waals surface area (Å²) in [5.74, 6) is 0.102. The summed E-state index contributed by atoms with van der Waals surface area (Å²) in [7, 11) is 0. The van der Waals surface area contributed by atoms with Crippen molar-refractivity contribution in [1.82, 2.24) is 5.32 Å². The SMILES string of the molecule is CC(C)C[C@@H](C)NC(=O)c1ccc(C(F)(F)F)cc1. The number of carbonyl (C=O) groups is 1. The van der Waals surface area contributed by atoms with Gasteiger partial charge < -0.3 is 5.32 Å². The molecule has 1 rings (SSSR count). The molecule has 1 amide bonds. The molecule has 0 heterocycles. The maximum Gasteiger partial charge on any atom is 0.416 e. The lowest BCUT2D eigenvalue weighted by molar-refractivity contribution is -0.137. The van der Waals surface area contributed by atoms with Crippen molar-refractivity contribution < 1.29 is 18.0 Å². The van der Waals surface area contributed by atoms with Crippen LogP contribution in [0.3, 0.4) is 0 Å². The Morgan fingerprint density at radius 2 is 1.68 bits per heavy atom. The zero-order chi connectivity index (χ0) is 14.6. The molecule has 0 bridgehead atoms. The van der Waals surface area contributed by atoms with Crippen molar-refractivity contribution in [3.8, 4) is 0 Å². The van der Waals surface area contributed by atoms with Crippen LogP contribution in [0, 0.1) is 5.92 Å². The van der Waals surface area contributed by atoms with Gasteiger partial charge in [0.25, 0.3) is 5.91 Å². The van der Waals surface area contributed by atoms with E-state index in [-0.39, 0.29) is 17.5 Å². The van der Waals surface area contributed by atoms with Gasteiger partial charge in [-0.25, -0.2) is 0 Å². The van der Waals surface area contributed by atoms with Gasteiger partial charge >= 0.3 is 6.18 Å². The number of amides is 1. The molecule has 19 heavy (non-hydrogen) atoms. The van der Waals surface area contributed by atoms with Crippen LogP contribution in [-0.2, 0) is 6.18 Å². The Labute approximate surface area is 111 Å². The van der Waals surface area contributed by atoms with Crippen LogP contribution in [0.25, 0.3) is 0 Å². The monoisotopic (exact) mass is 273 g/mol. The predicted octanol–water partition coefficient (Wildman–Crippen LogP) is 3.87. The van der Waals surface area contributed by atoms with Crippen molar-refractivity contribution in [2.45, 2.75) is 39.4 Å². The number of nitrogens with one attached hydrogen (secondary N) is 1. The molecular formula is C14H18F3NO. The van der Waals surface area contributed by atoms with Crippen LogP contribution in [0.2, 0.25) is 0 Å². The van der Waals surface area contributed by atoms with Gasteiger partial charge in [0, 0.05) is 11.6 Å². The van der Waals surface area contributed by atoms with E-state index in [4.69, 9.17) is 0 Å². The second kappa shape index (κ2) is 6.08. The van der Waals surface area contributed by atoms with Crippen LogP contribution < -0.4 is 5.32 Å². The fourth-order valence-electron chi connectivity index (χ4n) is 1.88. The Hall–Kier alpha value is -1.52. The number of halogens is 3. The number of rotatable bonds is 4. The van der Waals surface area contributed by atoms with Gasteiger partial charge in [0.1, 0.15) is 0 Å². The van der Waals surface area contributed by atoms with Gasteiger partial charge in [-0.3, -0.25) is 4.79 Å². The van der Waals surface area contributed by atoms with Gasteiger partial charge in [-0.1, -0.05) is 13.8 Å². The quantitative estimate of drug-likeness (QED) is 0.886. The van der Waals surface area contributed by atoms with Crippen LogP contribution in [0.4, 0.5) is 13.2 Å². The van der Waals surface area contributed by atoms with E-state index in [1.54, 1.807) is 0 Å². The van der Waals surface area contributed by atoms with E-state index in [0.29, 0.717) is 5.92 Å². The highest BCUT2D eigenvalue weighted by atomic mass is 19.4. The third-order valence-electron chi connectivity index (χ3n) is 2.68. The molecule has 1 N–H and O–H groups in total. The highest BCUT2D eigenvalue weighted by molar-refractivity contribution is 5.94. The second-order valence-corrected chi connectivity index (χ2v) is 5.08. The molecule has 0 aliphatic heterocycles. The van der Waals surface area contributed by atoms with E-state index in [0.717, 1.165) is 18.6 Å². The van der Waals surface area contributed by atoms with Crippen molar-refractivity contribution >= 4 is 5.91 Å². The predicted molar refractivity (Wildman–Crippen MR) is 67.8 cm³/mol. The summed E-state index contributed by atoms with van der Waals surface area (Å²) in [6, 6.07) is 4.22. The molecule has 5 heteroatoms. The lowest BCUT2D eigenvalue weighted by Crippen LogP contribution is -2.33. The Morgan fingerprint density at radius 3 is 2.11 bits per heavy atom. The minimum absolute atomic E-state index is 0.00482. The lowest BCUT2D eigenvalue weighted by Gasteiger charge is -2.16. The van der Waals surface area contributed by atoms with Crippen LogP contribution in [0.1, 0.15) is 43.1 Å². The number of carbonyl (C=O) groups excluding carboxylic acids is 1. The maximum absolute atomic E-state index is 12.4. The largest absolute Gasteiger partial charge is 0.416 e. The number of hydrogen-bond acceptors (Lipinski definition) is 1. The first kappa shape index (κ1) is 15.5. The number of benzene rings is 1. The Balaban J connectivity index is 2.68. The molecule has 0 saturated heterocycles. The van der Waals surface area contributed by atoms with Gasteiger partial charge in [0.05, 0.1) is 5.56 Å². The van der Waals surface area contributed by atoms with E-state index in [1.165, 1.54) is 12.1 Å². The third-order valence-corrected chi connectivity index (χ3v) is 2.68. The summed E-state index contributed by atoms with van der Waals surface area (Å²) in [6.45, 7) is 5.96. The Morgan fingerprint density at radius 1 is 1.16 bits per heavy atom. The van der Waals surface area contributed by atoms with E-state index in [2.05, 4.69) is 5.32 Å². The summed E-state index contributed by atoms with van der Waals surface area (Å²) in [6.07, 6.45) is -3.55. The first-order chi connectivity index (χ1) is 8.70. The molecule has 0 aliphatic rings. The van der Waals surface area contributed by atoms with Gasteiger partial charge in [-0.15, -0.1) is 0 Å². The molecule has 1 atom stereocenters. The fourth-order valence-corrected chi connectivity index (χ4v) is 1.88.